The van der Waals surface area contributed by atoms with Crippen LogP contribution in [0.1, 0.15) is 54.8 Å². The van der Waals surface area contributed by atoms with E-state index in [0.29, 0.717) is 17.5 Å². The van der Waals surface area contributed by atoms with Crippen LogP contribution in [0, 0.1) is 0 Å². The van der Waals surface area contributed by atoms with Gasteiger partial charge in [-0.3, -0.25) is 0 Å². The number of nitrogens with zero attached hydrogens (tertiary/aromatic N) is 4. The lowest BCUT2D eigenvalue weighted by Gasteiger charge is -2.34. The first kappa shape index (κ1) is 36.5. The zero-order valence-corrected chi connectivity index (χ0v) is 32.8. The summed E-state index contributed by atoms with van der Waals surface area (Å²) in [7, 11) is 0. The fourth-order valence-electron chi connectivity index (χ4n) is 8.51. The number of hydrogen-bond acceptors (Lipinski definition) is 4. The third-order valence-corrected chi connectivity index (χ3v) is 11.0. The molecule has 0 saturated carbocycles. The minimum Gasteiger partial charge on any atom is -0.311 e. The molecule has 0 saturated heterocycles. The molecule has 0 N–H and O–H groups in total. The van der Waals surface area contributed by atoms with Gasteiger partial charge in [0.15, 0.2) is 17.5 Å². The molecule has 0 fully saturated rings. The normalized spacial score (nSPS) is 13.4. The van der Waals surface area contributed by atoms with Crippen molar-refractivity contribution in [3.63, 3.8) is 0 Å². The highest BCUT2D eigenvalue weighted by Crippen LogP contribution is 2.56. The topological polar surface area (TPSA) is 41.9 Å². The van der Waals surface area contributed by atoms with Crippen molar-refractivity contribution in [3.8, 4) is 33.9 Å². The van der Waals surface area contributed by atoms with E-state index in [1.165, 1.54) is 27.8 Å². The van der Waals surface area contributed by atoms with Crippen molar-refractivity contribution in [2.75, 3.05) is 4.90 Å². The van der Waals surface area contributed by atoms with Gasteiger partial charge in [-0.25, -0.2) is 15.0 Å². The average Bonchev–Trinajstić information content (AvgIpc) is 3.62. The lowest BCUT2D eigenvalue weighted by Crippen LogP contribution is -2.28. The number of fused-ring (bicyclic) bond motifs is 3. The van der Waals surface area contributed by atoms with E-state index in [0.717, 1.165) is 52.2 Å². The molecular weight excluding hydrogens is 705 g/mol. The fraction of sp³-hybridized carbons (Fsp3) is 0.0926. The third kappa shape index (κ3) is 6.53. The van der Waals surface area contributed by atoms with Gasteiger partial charge in [0.1, 0.15) is 0 Å². The van der Waals surface area contributed by atoms with Crippen LogP contribution in [0.4, 0.5) is 17.1 Å². The molecule has 2 aliphatic carbocycles. The molecule has 1 aromatic heterocycles. The zero-order chi connectivity index (χ0) is 39.3. The number of hydrogen-bond donors (Lipinski definition) is 0. The van der Waals surface area contributed by atoms with E-state index in [2.05, 4.69) is 193 Å². The van der Waals surface area contributed by atoms with Gasteiger partial charge in [-0.2, -0.15) is 0 Å². The van der Waals surface area contributed by atoms with Crippen LogP contribution in [0.25, 0.3) is 39.5 Å². The molecule has 4 nitrogen and oxygen atoms in total. The van der Waals surface area contributed by atoms with Crippen LogP contribution in [-0.4, -0.2) is 15.0 Å². The molecule has 1 heterocycles. The van der Waals surface area contributed by atoms with Crippen molar-refractivity contribution >= 4 is 22.6 Å². The minimum atomic E-state index is -0.598. The Kier molecular flexibility index (Phi) is 10.1. The molecule has 280 valence electrons. The minimum absolute atomic E-state index is 0.598. The molecule has 0 radical (unpaired) electrons. The number of allylic oxidation sites excluding steroid dienone is 4. The summed E-state index contributed by atoms with van der Waals surface area (Å²) >= 11 is 0. The molecule has 58 heavy (non-hydrogen) atoms. The smallest absolute Gasteiger partial charge is 0.164 e. The van der Waals surface area contributed by atoms with E-state index in [1.807, 2.05) is 32.0 Å². The van der Waals surface area contributed by atoms with Gasteiger partial charge in [-0.15, -0.1) is 0 Å². The van der Waals surface area contributed by atoms with Crippen LogP contribution in [0.5, 0.6) is 0 Å². The third-order valence-electron chi connectivity index (χ3n) is 11.0. The zero-order valence-electron chi connectivity index (χ0n) is 32.8. The largest absolute Gasteiger partial charge is 0.311 e. The van der Waals surface area contributed by atoms with Crippen LogP contribution in [0.15, 0.2) is 206 Å². The summed E-state index contributed by atoms with van der Waals surface area (Å²) in [5.41, 5.74) is 13.0. The SMILES string of the molecule is C1=CC(c2nc(-c3ccccc3)nc(-c3cccc(C4(c5ccc(N(c6ccccc6)c6ccccc6)cc5)c5ccccc5-c5ccccc54)c3)n2)=CCC1.CC. The van der Waals surface area contributed by atoms with Crippen LogP contribution in [0.2, 0.25) is 0 Å². The highest BCUT2D eigenvalue weighted by atomic mass is 15.1. The lowest BCUT2D eigenvalue weighted by atomic mass is 9.67. The lowest BCUT2D eigenvalue weighted by molar-refractivity contribution is 0.768. The summed E-state index contributed by atoms with van der Waals surface area (Å²) < 4.78 is 0. The first-order valence-corrected chi connectivity index (χ1v) is 20.3. The Morgan fingerprint density at radius 3 is 1.52 bits per heavy atom. The highest BCUT2D eigenvalue weighted by Gasteiger charge is 2.46. The summed E-state index contributed by atoms with van der Waals surface area (Å²) in [5.74, 6) is 2.01. The van der Waals surface area contributed by atoms with Crippen molar-refractivity contribution < 1.29 is 0 Å². The van der Waals surface area contributed by atoms with Crippen LogP contribution >= 0.6 is 0 Å². The van der Waals surface area contributed by atoms with E-state index in [9.17, 15) is 0 Å². The molecule has 0 spiro atoms. The first-order chi connectivity index (χ1) is 28.8. The Morgan fingerprint density at radius 1 is 0.431 bits per heavy atom. The number of anilines is 3. The standard InChI is InChI=1S/C52H38N4.C2H6/c1-5-18-37(19-6-1)49-53-50(38-20-7-2-8-21-38)55-51(54-49)39-22-17-23-41(36-39)52(47-30-15-13-28-45(47)46-29-14-16-31-48(46)52)40-32-34-44(35-33-40)56(42-24-9-3-10-25-42)43-26-11-4-12-27-43;1-2/h1,3-7,9-36H,2,8H2;1-2H3. The van der Waals surface area contributed by atoms with Gasteiger partial charge in [0.05, 0.1) is 5.41 Å². The quantitative estimate of drug-likeness (QED) is 0.155. The number of benzene rings is 7. The van der Waals surface area contributed by atoms with Crippen molar-refractivity contribution in [1.82, 2.24) is 15.0 Å². The Morgan fingerprint density at radius 2 is 0.931 bits per heavy atom. The summed E-state index contributed by atoms with van der Waals surface area (Å²) in [6, 6.07) is 67.1. The van der Waals surface area contributed by atoms with E-state index in [1.54, 1.807) is 0 Å². The molecule has 0 amide bonds. The van der Waals surface area contributed by atoms with Gasteiger partial charge in [-0.05, 0) is 88.7 Å². The van der Waals surface area contributed by atoms with Gasteiger partial charge in [0.2, 0.25) is 0 Å². The van der Waals surface area contributed by atoms with Crippen molar-refractivity contribution in [2.45, 2.75) is 32.1 Å². The first-order valence-electron chi connectivity index (χ1n) is 20.3. The fourth-order valence-corrected chi connectivity index (χ4v) is 8.51. The molecule has 4 heteroatoms. The van der Waals surface area contributed by atoms with Crippen LogP contribution < -0.4 is 4.90 Å². The molecular formula is C54H44N4. The summed E-state index contributed by atoms with van der Waals surface area (Å²) in [4.78, 5) is 17.6. The maximum absolute atomic E-state index is 5.15. The summed E-state index contributed by atoms with van der Waals surface area (Å²) in [6.07, 6.45) is 8.56. The number of rotatable bonds is 8. The second-order valence-electron chi connectivity index (χ2n) is 14.3. The Bertz CT molecular complexity index is 2650. The average molecular weight is 749 g/mol. The van der Waals surface area contributed by atoms with Crippen molar-refractivity contribution in [3.05, 3.63) is 234 Å². The van der Waals surface area contributed by atoms with Gasteiger partial charge in [-0.1, -0.05) is 178 Å². The van der Waals surface area contributed by atoms with Crippen molar-refractivity contribution in [2.24, 2.45) is 0 Å². The van der Waals surface area contributed by atoms with Gasteiger partial charge < -0.3 is 4.90 Å². The van der Waals surface area contributed by atoms with E-state index in [4.69, 9.17) is 15.0 Å². The Hall–Kier alpha value is -7.17. The molecule has 0 atom stereocenters. The molecule has 0 bridgehead atoms. The predicted octanol–water partition coefficient (Wildman–Crippen LogP) is 13.8. The second kappa shape index (κ2) is 16.1. The van der Waals surface area contributed by atoms with Gasteiger partial charge >= 0.3 is 0 Å². The van der Waals surface area contributed by atoms with Crippen LogP contribution in [0.3, 0.4) is 0 Å². The van der Waals surface area contributed by atoms with E-state index in [-0.39, 0.29) is 0 Å². The molecule has 8 aromatic rings. The van der Waals surface area contributed by atoms with E-state index >= 15 is 0 Å². The van der Waals surface area contributed by atoms with E-state index < -0.39 is 5.41 Å². The summed E-state index contributed by atoms with van der Waals surface area (Å²) in [5, 5.41) is 0. The monoisotopic (exact) mass is 748 g/mol. The molecule has 2 aliphatic rings. The van der Waals surface area contributed by atoms with Crippen LogP contribution in [-0.2, 0) is 5.41 Å². The van der Waals surface area contributed by atoms with Gasteiger partial charge in [0, 0.05) is 33.8 Å². The molecule has 0 aliphatic heterocycles. The predicted molar refractivity (Wildman–Crippen MR) is 240 cm³/mol. The number of para-hydroxylation sites is 2. The van der Waals surface area contributed by atoms with Gasteiger partial charge in [0.25, 0.3) is 0 Å². The Labute approximate surface area is 341 Å². The molecule has 7 aromatic carbocycles. The summed E-state index contributed by atoms with van der Waals surface area (Å²) in [6.45, 7) is 4.00. The highest BCUT2D eigenvalue weighted by molar-refractivity contribution is 5.87. The maximum atomic E-state index is 5.15. The maximum Gasteiger partial charge on any atom is 0.164 e. The molecule has 10 rings (SSSR count). The molecule has 0 unspecified atom stereocenters. The second-order valence-corrected chi connectivity index (χ2v) is 14.3. The Balaban J connectivity index is 0.00000215. The van der Waals surface area contributed by atoms with Crippen molar-refractivity contribution in [1.29, 1.82) is 0 Å². The number of aromatic nitrogens is 3.